The molecule has 0 atom stereocenters. The van der Waals surface area contributed by atoms with Gasteiger partial charge in [-0.2, -0.15) is 5.10 Å². The van der Waals surface area contributed by atoms with Crippen molar-refractivity contribution in [3.05, 3.63) is 96.3 Å². The van der Waals surface area contributed by atoms with Crippen molar-refractivity contribution in [1.82, 2.24) is 19.7 Å². The highest BCUT2D eigenvalue weighted by molar-refractivity contribution is 5.99. The van der Waals surface area contributed by atoms with Gasteiger partial charge in [0.15, 0.2) is 0 Å². The summed E-state index contributed by atoms with van der Waals surface area (Å²) in [6.45, 7) is 4.00. The first-order valence-corrected chi connectivity index (χ1v) is 12.0. The van der Waals surface area contributed by atoms with Crippen molar-refractivity contribution in [2.75, 3.05) is 10.6 Å². The fraction of sp³-hybridized carbons (Fsp3) is 0.107. The molecule has 5 aromatic rings. The van der Waals surface area contributed by atoms with E-state index in [1.54, 1.807) is 16.9 Å². The van der Waals surface area contributed by atoms with Crippen LogP contribution in [0.1, 0.15) is 35.9 Å². The van der Waals surface area contributed by atoms with Crippen LogP contribution in [0.2, 0.25) is 0 Å². The van der Waals surface area contributed by atoms with Gasteiger partial charge in [0.2, 0.25) is 0 Å². The van der Waals surface area contributed by atoms with Gasteiger partial charge in [-0.25, -0.2) is 13.9 Å². The molecular formula is C28H25ClFN7O3. The molecular weight excluding hydrogens is 537 g/mol. The Kier molecular flexibility index (Phi) is 8.25. The van der Waals surface area contributed by atoms with Crippen molar-refractivity contribution in [3.8, 4) is 17.2 Å². The topological polar surface area (TPSA) is 137 Å². The number of fused-ring (bicyclic) bond motifs is 1. The fourth-order valence-corrected chi connectivity index (χ4v) is 3.84. The molecule has 0 unspecified atom stereocenters. The summed E-state index contributed by atoms with van der Waals surface area (Å²) in [5.41, 5.74) is 7.54. The molecule has 10 nitrogen and oxygen atoms in total. The molecule has 204 valence electrons. The summed E-state index contributed by atoms with van der Waals surface area (Å²) in [6.07, 6.45) is 3.08. The standard InChI is InChI=1S/C28H24FN7O3.ClH/c1-16(2)24-15-26(36(35-24)18-5-7-22-17(12-18)4-3-10-31-22)34-28(38)33-23-8-6-19(13-21(23)29)39-20-9-11-32-25(14-20)27(30)37;/h3-16H,1-2H3,(H2,30,37)(H2,33,34,38);1H. The Balaban J connectivity index is 0.00000370. The maximum atomic E-state index is 14.8. The smallest absolute Gasteiger partial charge is 0.324 e. The van der Waals surface area contributed by atoms with Crippen molar-refractivity contribution >= 4 is 46.8 Å². The number of nitrogens with zero attached hydrogens (tertiary/aromatic N) is 4. The molecule has 12 heteroatoms. The third-order valence-corrected chi connectivity index (χ3v) is 5.80. The molecule has 0 saturated heterocycles. The molecule has 0 saturated carbocycles. The molecule has 3 amide bonds. The summed E-state index contributed by atoms with van der Waals surface area (Å²) in [5, 5.41) is 10.9. The molecule has 0 spiro atoms. The van der Waals surface area contributed by atoms with Crippen molar-refractivity contribution < 1.29 is 18.7 Å². The predicted octanol–water partition coefficient (Wildman–Crippen LogP) is 6.04. The minimum atomic E-state index is -0.717. The van der Waals surface area contributed by atoms with Gasteiger partial charge in [-0.1, -0.05) is 19.9 Å². The minimum Gasteiger partial charge on any atom is -0.457 e. The van der Waals surface area contributed by atoms with E-state index < -0.39 is 17.8 Å². The number of amides is 3. The Hall–Kier alpha value is -5.03. The van der Waals surface area contributed by atoms with Crippen molar-refractivity contribution in [2.45, 2.75) is 19.8 Å². The number of halogens is 2. The number of aromatic nitrogens is 4. The molecule has 0 radical (unpaired) electrons. The van der Waals surface area contributed by atoms with Gasteiger partial charge in [-0.05, 0) is 48.4 Å². The van der Waals surface area contributed by atoms with E-state index in [4.69, 9.17) is 10.5 Å². The van der Waals surface area contributed by atoms with Crippen LogP contribution in [0.3, 0.4) is 0 Å². The van der Waals surface area contributed by atoms with Gasteiger partial charge in [0.05, 0.1) is 22.6 Å². The average Bonchev–Trinajstić information content (AvgIpc) is 3.34. The lowest BCUT2D eigenvalue weighted by molar-refractivity contribution is 0.0995. The lowest BCUT2D eigenvalue weighted by Gasteiger charge is -2.12. The van der Waals surface area contributed by atoms with Crippen molar-refractivity contribution in [3.63, 3.8) is 0 Å². The Morgan fingerprint density at radius 1 is 0.950 bits per heavy atom. The second kappa shape index (κ2) is 11.8. The molecule has 4 N–H and O–H groups in total. The van der Waals surface area contributed by atoms with E-state index in [0.29, 0.717) is 5.82 Å². The quantitative estimate of drug-likeness (QED) is 0.222. The number of nitrogens with one attached hydrogen (secondary N) is 2. The summed E-state index contributed by atoms with van der Waals surface area (Å²) in [7, 11) is 0. The van der Waals surface area contributed by atoms with Crippen LogP contribution in [0.5, 0.6) is 11.5 Å². The third kappa shape index (κ3) is 6.16. The van der Waals surface area contributed by atoms with Crippen LogP contribution in [-0.2, 0) is 0 Å². The number of anilines is 2. The van der Waals surface area contributed by atoms with E-state index in [9.17, 15) is 14.0 Å². The Morgan fingerprint density at radius 2 is 1.75 bits per heavy atom. The number of ether oxygens (including phenoxy) is 1. The first-order valence-electron chi connectivity index (χ1n) is 12.0. The average molecular weight is 562 g/mol. The summed E-state index contributed by atoms with van der Waals surface area (Å²) in [5.74, 6) is -0.480. The van der Waals surface area contributed by atoms with Gasteiger partial charge < -0.3 is 15.8 Å². The van der Waals surface area contributed by atoms with Gasteiger partial charge in [0, 0.05) is 36.0 Å². The highest BCUT2D eigenvalue weighted by Gasteiger charge is 2.16. The molecule has 3 aromatic heterocycles. The van der Waals surface area contributed by atoms with Crippen LogP contribution in [0.15, 0.2) is 79.1 Å². The van der Waals surface area contributed by atoms with E-state index in [-0.39, 0.29) is 41.2 Å². The summed E-state index contributed by atoms with van der Waals surface area (Å²) in [6, 6.07) is 17.4. The van der Waals surface area contributed by atoms with Crippen LogP contribution in [0.25, 0.3) is 16.6 Å². The van der Waals surface area contributed by atoms with Crippen molar-refractivity contribution in [1.29, 1.82) is 0 Å². The molecule has 0 aliphatic carbocycles. The number of nitrogens with two attached hydrogens (primary N) is 1. The lowest BCUT2D eigenvalue weighted by Crippen LogP contribution is -2.22. The van der Waals surface area contributed by atoms with Crippen LogP contribution < -0.4 is 21.1 Å². The van der Waals surface area contributed by atoms with Crippen LogP contribution >= 0.6 is 12.4 Å². The van der Waals surface area contributed by atoms with Crippen LogP contribution in [0, 0.1) is 5.82 Å². The molecule has 0 fully saturated rings. The first kappa shape index (κ1) is 28.0. The molecule has 2 aromatic carbocycles. The maximum Gasteiger partial charge on any atom is 0.324 e. The first-order chi connectivity index (χ1) is 18.8. The maximum absolute atomic E-state index is 14.8. The molecule has 0 bridgehead atoms. The zero-order valence-electron chi connectivity index (χ0n) is 21.5. The van der Waals surface area contributed by atoms with Crippen LogP contribution in [0.4, 0.5) is 20.7 Å². The zero-order valence-corrected chi connectivity index (χ0v) is 22.3. The number of primary amides is 1. The van der Waals surface area contributed by atoms with Gasteiger partial charge in [-0.15, -0.1) is 12.4 Å². The molecule has 3 heterocycles. The van der Waals surface area contributed by atoms with E-state index in [1.807, 2.05) is 44.2 Å². The molecule has 0 aliphatic rings. The van der Waals surface area contributed by atoms with Gasteiger partial charge in [0.1, 0.15) is 28.8 Å². The monoisotopic (exact) mass is 561 g/mol. The molecule has 5 rings (SSSR count). The molecule has 40 heavy (non-hydrogen) atoms. The third-order valence-electron chi connectivity index (χ3n) is 5.80. The van der Waals surface area contributed by atoms with Crippen LogP contribution in [-0.4, -0.2) is 31.7 Å². The number of carbonyl (C=O) groups excluding carboxylic acids is 2. The normalized spacial score (nSPS) is 10.7. The SMILES string of the molecule is CC(C)c1cc(NC(=O)Nc2ccc(Oc3ccnc(C(N)=O)c3)cc2F)n(-c2ccc3ncccc3c2)n1.Cl. The lowest BCUT2D eigenvalue weighted by atomic mass is 10.1. The summed E-state index contributed by atoms with van der Waals surface area (Å²) < 4.78 is 22.1. The van der Waals surface area contributed by atoms with Gasteiger partial charge in [0.25, 0.3) is 5.91 Å². The van der Waals surface area contributed by atoms with E-state index >= 15 is 0 Å². The predicted molar refractivity (Wildman–Crippen MR) is 152 cm³/mol. The van der Waals surface area contributed by atoms with E-state index in [1.165, 1.54) is 30.5 Å². The second-order valence-corrected chi connectivity index (χ2v) is 8.97. The summed E-state index contributed by atoms with van der Waals surface area (Å²) >= 11 is 0. The van der Waals surface area contributed by atoms with E-state index in [0.717, 1.165) is 28.4 Å². The number of carbonyl (C=O) groups is 2. The number of pyridine rings is 2. The summed E-state index contributed by atoms with van der Waals surface area (Å²) in [4.78, 5) is 32.4. The second-order valence-electron chi connectivity index (χ2n) is 8.97. The zero-order chi connectivity index (χ0) is 27.5. The number of rotatable bonds is 7. The number of hydrogen-bond acceptors (Lipinski definition) is 6. The highest BCUT2D eigenvalue weighted by atomic mass is 35.5. The molecule has 0 aliphatic heterocycles. The minimum absolute atomic E-state index is 0. The Bertz CT molecular complexity index is 1710. The van der Waals surface area contributed by atoms with Crippen molar-refractivity contribution in [2.24, 2.45) is 5.73 Å². The fourth-order valence-electron chi connectivity index (χ4n) is 3.84. The van der Waals surface area contributed by atoms with E-state index in [2.05, 4.69) is 25.7 Å². The Morgan fingerprint density at radius 3 is 2.50 bits per heavy atom. The van der Waals surface area contributed by atoms with Gasteiger partial charge >= 0.3 is 6.03 Å². The number of hydrogen-bond donors (Lipinski definition) is 3. The number of benzene rings is 2. The van der Waals surface area contributed by atoms with Gasteiger partial charge in [-0.3, -0.25) is 20.1 Å². The number of urea groups is 1. The largest absolute Gasteiger partial charge is 0.457 e. The Labute approximate surface area is 234 Å². The highest BCUT2D eigenvalue weighted by Crippen LogP contribution is 2.27.